The van der Waals surface area contributed by atoms with Crippen LogP contribution in [0.15, 0.2) is 59.5 Å². The lowest BCUT2D eigenvalue weighted by molar-refractivity contribution is -0.117. The van der Waals surface area contributed by atoms with E-state index >= 15 is 0 Å². The second-order valence-electron chi connectivity index (χ2n) is 7.87. The van der Waals surface area contributed by atoms with E-state index in [0.29, 0.717) is 22.1 Å². The monoisotopic (exact) mass is 415 g/mol. The van der Waals surface area contributed by atoms with Crippen molar-refractivity contribution in [1.82, 2.24) is 19.9 Å². The number of nitrogens with zero attached hydrogens (tertiary/aromatic N) is 2. The highest BCUT2D eigenvalue weighted by Gasteiger charge is 2.29. The van der Waals surface area contributed by atoms with Crippen molar-refractivity contribution < 1.29 is 9.59 Å². The maximum absolute atomic E-state index is 12.9. The summed E-state index contributed by atoms with van der Waals surface area (Å²) in [5.74, 6) is -0.129. The predicted molar refractivity (Wildman–Crippen MR) is 117 cm³/mol. The van der Waals surface area contributed by atoms with Crippen LogP contribution >= 0.6 is 0 Å². The van der Waals surface area contributed by atoms with Gasteiger partial charge in [-0.25, -0.2) is 4.52 Å². The molecule has 0 spiro atoms. The van der Waals surface area contributed by atoms with Gasteiger partial charge in [-0.05, 0) is 49.6 Å². The number of anilines is 1. The summed E-state index contributed by atoms with van der Waals surface area (Å²) < 4.78 is 1.56. The third-order valence-electron chi connectivity index (χ3n) is 5.60. The molecule has 0 bridgehead atoms. The van der Waals surface area contributed by atoms with E-state index in [0.717, 1.165) is 24.1 Å². The second kappa shape index (κ2) is 7.39. The lowest BCUT2D eigenvalue weighted by atomic mass is 10.1. The average molecular weight is 415 g/mol. The first-order chi connectivity index (χ1) is 15.0. The van der Waals surface area contributed by atoms with Crippen LogP contribution in [0, 0.1) is 5.92 Å². The highest BCUT2D eigenvalue weighted by molar-refractivity contribution is 6.00. The third kappa shape index (κ3) is 3.56. The van der Waals surface area contributed by atoms with Crippen LogP contribution in [0.5, 0.6) is 0 Å². The van der Waals surface area contributed by atoms with Gasteiger partial charge in [-0.2, -0.15) is 5.10 Å². The Kier molecular flexibility index (Phi) is 4.54. The minimum absolute atomic E-state index is 0.0590. The van der Waals surface area contributed by atoms with Crippen LogP contribution in [0.1, 0.15) is 41.7 Å². The summed E-state index contributed by atoms with van der Waals surface area (Å²) in [5, 5.41) is 10.6. The molecule has 1 fully saturated rings. The van der Waals surface area contributed by atoms with Crippen LogP contribution in [0.4, 0.5) is 5.69 Å². The van der Waals surface area contributed by atoms with Gasteiger partial charge in [0.15, 0.2) is 0 Å². The molecule has 5 rings (SSSR count). The standard InChI is InChI=1S/C23H21N5O3/c1-13(14-8-10-16(11-9-14)26-21(29)15-6-7-15)25-23(31)18-12-24-28-19-5-3-2-4-17(19)22(30)27-20(18)28/h2-5,8-13,15H,6-7H2,1H3,(H,25,31)(H,26,29)(H,27,30). The van der Waals surface area contributed by atoms with Crippen LogP contribution < -0.4 is 16.2 Å². The summed E-state index contributed by atoms with van der Waals surface area (Å²) in [6.07, 6.45) is 3.37. The first-order valence-corrected chi connectivity index (χ1v) is 10.2. The number of hydrogen-bond donors (Lipinski definition) is 3. The van der Waals surface area contributed by atoms with Crippen molar-refractivity contribution >= 4 is 34.1 Å². The van der Waals surface area contributed by atoms with Crippen LogP contribution in [0.2, 0.25) is 0 Å². The Morgan fingerprint density at radius 3 is 2.61 bits per heavy atom. The Morgan fingerprint density at radius 2 is 1.87 bits per heavy atom. The molecule has 3 N–H and O–H groups in total. The van der Waals surface area contributed by atoms with Crippen molar-refractivity contribution in [3.8, 4) is 0 Å². The van der Waals surface area contributed by atoms with E-state index in [4.69, 9.17) is 0 Å². The maximum Gasteiger partial charge on any atom is 0.259 e. The fourth-order valence-electron chi connectivity index (χ4n) is 3.65. The highest BCUT2D eigenvalue weighted by Crippen LogP contribution is 2.30. The fraction of sp³-hybridized carbons (Fsp3) is 0.217. The Labute approximate surface area is 177 Å². The molecule has 31 heavy (non-hydrogen) atoms. The highest BCUT2D eigenvalue weighted by atomic mass is 16.2. The molecule has 8 heteroatoms. The number of nitrogens with one attached hydrogen (secondary N) is 3. The van der Waals surface area contributed by atoms with Crippen molar-refractivity contribution in [2.75, 3.05) is 5.32 Å². The van der Waals surface area contributed by atoms with Gasteiger partial charge in [0, 0.05) is 11.6 Å². The zero-order chi connectivity index (χ0) is 21.5. The Bertz CT molecular complexity index is 1370. The largest absolute Gasteiger partial charge is 0.345 e. The Balaban J connectivity index is 1.35. The van der Waals surface area contributed by atoms with Gasteiger partial charge in [-0.3, -0.25) is 14.4 Å². The van der Waals surface area contributed by atoms with Gasteiger partial charge >= 0.3 is 0 Å². The minimum atomic E-state index is -0.334. The number of rotatable bonds is 5. The molecule has 8 nitrogen and oxygen atoms in total. The third-order valence-corrected chi connectivity index (χ3v) is 5.60. The summed E-state index contributed by atoms with van der Waals surface area (Å²) in [6.45, 7) is 1.87. The number of carbonyl (C=O) groups excluding carboxylic acids is 2. The van der Waals surface area contributed by atoms with Crippen molar-refractivity contribution in [2.45, 2.75) is 25.8 Å². The van der Waals surface area contributed by atoms with Gasteiger partial charge < -0.3 is 15.6 Å². The molecule has 1 saturated carbocycles. The zero-order valence-electron chi connectivity index (χ0n) is 16.9. The Morgan fingerprint density at radius 1 is 1.13 bits per heavy atom. The van der Waals surface area contributed by atoms with E-state index in [2.05, 4.69) is 20.7 Å². The fourth-order valence-corrected chi connectivity index (χ4v) is 3.65. The van der Waals surface area contributed by atoms with Gasteiger partial charge in [0.2, 0.25) is 5.91 Å². The van der Waals surface area contributed by atoms with Crippen LogP contribution in [-0.2, 0) is 4.79 Å². The molecular formula is C23H21N5O3. The van der Waals surface area contributed by atoms with E-state index in [9.17, 15) is 14.4 Å². The summed E-state index contributed by atoms with van der Waals surface area (Å²) in [5.41, 5.74) is 2.65. The molecule has 1 aliphatic rings. The van der Waals surface area contributed by atoms with Crippen molar-refractivity contribution in [3.05, 3.63) is 76.2 Å². The summed E-state index contributed by atoms with van der Waals surface area (Å²) >= 11 is 0. The van der Waals surface area contributed by atoms with Gasteiger partial charge in [-0.15, -0.1) is 0 Å². The smallest absolute Gasteiger partial charge is 0.259 e. The van der Waals surface area contributed by atoms with E-state index in [1.165, 1.54) is 6.20 Å². The zero-order valence-corrected chi connectivity index (χ0v) is 16.9. The van der Waals surface area contributed by atoms with E-state index in [1.54, 1.807) is 22.7 Å². The van der Waals surface area contributed by atoms with Gasteiger partial charge in [-0.1, -0.05) is 24.3 Å². The van der Waals surface area contributed by atoms with Crippen LogP contribution in [0.25, 0.3) is 16.6 Å². The first kappa shape index (κ1) is 19.0. The van der Waals surface area contributed by atoms with Crippen molar-refractivity contribution in [3.63, 3.8) is 0 Å². The normalized spacial score (nSPS) is 14.5. The number of fused-ring (bicyclic) bond motifs is 3. The molecule has 156 valence electrons. The quantitative estimate of drug-likeness (QED) is 0.466. The van der Waals surface area contributed by atoms with E-state index in [-0.39, 0.29) is 29.3 Å². The Hall–Kier alpha value is -3.94. The van der Waals surface area contributed by atoms with Crippen molar-refractivity contribution in [1.29, 1.82) is 0 Å². The van der Waals surface area contributed by atoms with Crippen molar-refractivity contribution in [2.24, 2.45) is 5.92 Å². The predicted octanol–water partition coefficient (Wildman–Crippen LogP) is 3.02. The number of carbonyl (C=O) groups is 2. The maximum atomic E-state index is 12.9. The summed E-state index contributed by atoms with van der Waals surface area (Å²) in [7, 11) is 0. The van der Waals surface area contributed by atoms with Gasteiger partial charge in [0.25, 0.3) is 11.5 Å². The SMILES string of the molecule is CC(NC(=O)c1cnn2c1[nH]c(=O)c1ccccc12)c1ccc(NC(=O)C2CC2)cc1. The van der Waals surface area contributed by atoms with Gasteiger partial charge in [0.1, 0.15) is 11.2 Å². The molecule has 2 heterocycles. The summed E-state index contributed by atoms with van der Waals surface area (Å²) in [4.78, 5) is 39.9. The number of aromatic amines is 1. The topological polar surface area (TPSA) is 108 Å². The number of hydrogen-bond acceptors (Lipinski definition) is 4. The second-order valence-corrected chi connectivity index (χ2v) is 7.87. The molecule has 4 aromatic rings. The van der Waals surface area contributed by atoms with E-state index < -0.39 is 0 Å². The molecule has 1 atom stereocenters. The molecule has 1 aliphatic carbocycles. The molecular weight excluding hydrogens is 394 g/mol. The molecule has 0 saturated heterocycles. The summed E-state index contributed by atoms with van der Waals surface area (Å²) in [6, 6.07) is 14.2. The minimum Gasteiger partial charge on any atom is -0.345 e. The molecule has 2 aromatic carbocycles. The molecule has 1 unspecified atom stereocenters. The van der Waals surface area contributed by atoms with Crippen LogP contribution in [-0.4, -0.2) is 26.4 Å². The lowest BCUT2D eigenvalue weighted by Crippen LogP contribution is -2.27. The lowest BCUT2D eigenvalue weighted by Gasteiger charge is -2.15. The molecule has 2 amide bonds. The molecule has 0 radical (unpaired) electrons. The number of aromatic nitrogens is 3. The van der Waals surface area contributed by atoms with Gasteiger partial charge in [0.05, 0.1) is 23.1 Å². The number of amides is 2. The molecule has 2 aromatic heterocycles. The number of H-pyrrole nitrogens is 1. The first-order valence-electron chi connectivity index (χ1n) is 10.2. The number of para-hydroxylation sites is 1. The average Bonchev–Trinajstić information content (AvgIpc) is 3.54. The number of benzene rings is 2. The molecule has 0 aliphatic heterocycles. The van der Waals surface area contributed by atoms with Crippen LogP contribution in [0.3, 0.4) is 0 Å². The van der Waals surface area contributed by atoms with E-state index in [1.807, 2.05) is 37.3 Å².